The summed E-state index contributed by atoms with van der Waals surface area (Å²) in [5.74, 6) is 0.674. The number of carbonyl (C=O) groups is 1. The first kappa shape index (κ1) is 12.6. The minimum absolute atomic E-state index is 0.273. The van der Waals surface area contributed by atoms with Crippen molar-refractivity contribution in [2.45, 2.75) is 12.3 Å². The molecule has 0 radical (unpaired) electrons. The van der Waals surface area contributed by atoms with Crippen LogP contribution < -0.4 is 4.90 Å². The zero-order chi connectivity index (χ0) is 13.6. The molecule has 19 heavy (non-hydrogen) atoms. The number of likely N-dealkylation sites (tertiary alicyclic amines) is 1. The molecule has 1 saturated heterocycles. The van der Waals surface area contributed by atoms with E-state index >= 15 is 0 Å². The van der Waals surface area contributed by atoms with Crippen molar-refractivity contribution in [1.29, 1.82) is 0 Å². The Morgan fingerprint density at radius 3 is 2.95 bits per heavy atom. The molecule has 1 fully saturated rings. The van der Waals surface area contributed by atoms with E-state index in [4.69, 9.17) is 11.6 Å². The van der Waals surface area contributed by atoms with E-state index < -0.39 is 6.09 Å². The molecule has 1 amide bonds. The van der Waals surface area contributed by atoms with Gasteiger partial charge in [-0.25, -0.2) is 4.79 Å². The lowest BCUT2D eigenvalue weighted by Gasteiger charge is -2.23. The third-order valence-corrected chi connectivity index (χ3v) is 4.65. The van der Waals surface area contributed by atoms with Crippen molar-refractivity contribution in [1.82, 2.24) is 4.90 Å². The Bertz CT molecular complexity index is 520. The van der Waals surface area contributed by atoms with Crippen LogP contribution in [0.25, 0.3) is 0 Å². The molecule has 0 bridgehead atoms. The fourth-order valence-electron chi connectivity index (χ4n) is 3.38. The van der Waals surface area contributed by atoms with Crippen LogP contribution in [0.4, 0.5) is 10.5 Å². The average molecular weight is 281 g/mol. The zero-order valence-corrected chi connectivity index (χ0v) is 11.6. The maximum absolute atomic E-state index is 11.2. The molecular formula is C14H17ClN2O2. The molecule has 0 aliphatic carbocycles. The van der Waals surface area contributed by atoms with E-state index in [1.165, 1.54) is 10.5 Å². The van der Waals surface area contributed by atoms with Gasteiger partial charge in [0.05, 0.1) is 10.7 Å². The van der Waals surface area contributed by atoms with E-state index in [1.807, 2.05) is 12.1 Å². The first-order valence-corrected chi connectivity index (χ1v) is 6.93. The molecule has 102 valence electrons. The Hall–Kier alpha value is -1.42. The highest BCUT2D eigenvalue weighted by molar-refractivity contribution is 6.33. The van der Waals surface area contributed by atoms with E-state index in [0.717, 1.165) is 23.7 Å². The van der Waals surface area contributed by atoms with Crippen LogP contribution in [0.2, 0.25) is 5.02 Å². The van der Waals surface area contributed by atoms with Gasteiger partial charge in [-0.05, 0) is 24.0 Å². The SMILES string of the molecule is CN1CCC2CN(C(=O)O)CC2c2cccc(Cl)c21. The maximum atomic E-state index is 11.2. The highest BCUT2D eigenvalue weighted by atomic mass is 35.5. The second-order valence-corrected chi connectivity index (χ2v) is 5.85. The number of rotatable bonds is 0. The number of nitrogens with zero attached hydrogens (tertiary/aromatic N) is 2. The lowest BCUT2D eigenvalue weighted by atomic mass is 9.87. The van der Waals surface area contributed by atoms with E-state index in [9.17, 15) is 9.90 Å². The van der Waals surface area contributed by atoms with Crippen LogP contribution >= 0.6 is 11.6 Å². The van der Waals surface area contributed by atoms with Crippen molar-refractivity contribution in [3.63, 3.8) is 0 Å². The molecule has 4 nitrogen and oxygen atoms in total. The summed E-state index contributed by atoms with van der Waals surface area (Å²) in [6, 6.07) is 5.95. The number of carboxylic acid groups (broad SMARTS) is 1. The van der Waals surface area contributed by atoms with Gasteiger partial charge < -0.3 is 14.9 Å². The van der Waals surface area contributed by atoms with Gasteiger partial charge in [0.15, 0.2) is 0 Å². The summed E-state index contributed by atoms with van der Waals surface area (Å²) in [5, 5.41) is 9.93. The van der Waals surface area contributed by atoms with Crippen LogP contribution in [0.3, 0.4) is 0 Å². The normalized spacial score (nSPS) is 25.8. The number of halogens is 1. The lowest BCUT2D eigenvalue weighted by Crippen LogP contribution is -2.28. The molecule has 0 aromatic heterocycles. The molecule has 5 heteroatoms. The van der Waals surface area contributed by atoms with Crippen LogP contribution in [-0.4, -0.2) is 42.8 Å². The van der Waals surface area contributed by atoms with E-state index in [0.29, 0.717) is 19.0 Å². The Morgan fingerprint density at radius 1 is 1.42 bits per heavy atom. The van der Waals surface area contributed by atoms with E-state index in [1.54, 1.807) is 0 Å². The molecule has 1 aromatic rings. The third kappa shape index (κ3) is 2.04. The second-order valence-electron chi connectivity index (χ2n) is 5.44. The molecule has 1 N–H and O–H groups in total. The Kier molecular flexibility index (Phi) is 3.05. The predicted molar refractivity (Wildman–Crippen MR) is 75.2 cm³/mol. The third-order valence-electron chi connectivity index (χ3n) is 4.35. The Balaban J connectivity index is 2.03. The van der Waals surface area contributed by atoms with Crippen LogP contribution in [0.1, 0.15) is 17.9 Å². The number of amides is 1. The zero-order valence-electron chi connectivity index (χ0n) is 10.8. The van der Waals surface area contributed by atoms with Crippen molar-refractivity contribution in [3.05, 3.63) is 28.8 Å². The first-order valence-electron chi connectivity index (χ1n) is 6.55. The van der Waals surface area contributed by atoms with E-state index in [-0.39, 0.29) is 5.92 Å². The highest BCUT2D eigenvalue weighted by Gasteiger charge is 2.39. The maximum Gasteiger partial charge on any atom is 0.407 e. The predicted octanol–water partition coefficient (Wildman–Crippen LogP) is 2.87. The number of hydrogen-bond donors (Lipinski definition) is 1. The highest BCUT2D eigenvalue weighted by Crippen LogP contribution is 2.44. The van der Waals surface area contributed by atoms with Gasteiger partial charge in [-0.2, -0.15) is 0 Å². The van der Waals surface area contributed by atoms with Gasteiger partial charge >= 0.3 is 6.09 Å². The van der Waals surface area contributed by atoms with Crippen molar-refractivity contribution < 1.29 is 9.90 Å². The molecule has 0 spiro atoms. The van der Waals surface area contributed by atoms with Crippen LogP contribution in [-0.2, 0) is 0 Å². The van der Waals surface area contributed by atoms with Gasteiger partial charge in [0.25, 0.3) is 0 Å². The van der Waals surface area contributed by atoms with Gasteiger partial charge in [0.1, 0.15) is 0 Å². The minimum atomic E-state index is -0.815. The molecule has 2 heterocycles. The summed E-state index contributed by atoms with van der Waals surface area (Å²) in [6.45, 7) is 2.15. The fourth-order valence-corrected chi connectivity index (χ4v) is 3.70. The van der Waals surface area contributed by atoms with Gasteiger partial charge in [-0.1, -0.05) is 23.7 Å². The van der Waals surface area contributed by atoms with Crippen molar-refractivity contribution >= 4 is 23.4 Å². The number of benzene rings is 1. The monoisotopic (exact) mass is 280 g/mol. The van der Waals surface area contributed by atoms with Crippen LogP contribution in [0, 0.1) is 5.92 Å². The molecule has 2 unspecified atom stereocenters. The Labute approximate surface area is 117 Å². The molecule has 0 saturated carbocycles. The summed E-state index contributed by atoms with van der Waals surface area (Å²) in [7, 11) is 2.06. The standard InChI is InChI=1S/C14H17ClN2O2/c1-16-6-5-9-7-17(14(18)19)8-11(9)10-3-2-4-12(15)13(10)16/h2-4,9,11H,5-8H2,1H3,(H,18,19). The second kappa shape index (κ2) is 4.60. The van der Waals surface area contributed by atoms with Crippen LogP contribution in [0.5, 0.6) is 0 Å². The number of hydrogen-bond acceptors (Lipinski definition) is 2. The smallest absolute Gasteiger partial charge is 0.407 e. The number of anilines is 1. The summed E-state index contributed by atoms with van der Waals surface area (Å²) in [6.07, 6.45) is 0.195. The molecule has 3 rings (SSSR count). The van der Waals surface area contributed by atoms with E-state index in [2.05, 4.69) is 18.0 Å². The van der Waals surface area contributed by atoms with Crippen molar-refractivity contribution in [2.24, 2.45) is 5.92 Å². The first-order chi connectivity index (χ1) is 9.08. The van der Waals surface area contributed by atoms with Gasteiger partial charge in [-0.3, -0.25) is 0 Å². The molecule has 2 aliphatic rings. The summed E-state index contributed by atoms with van der Waals surface area (Å²) < 4.78 is 0. The lowest BCUT2D eigenvalue weighted by molar-refractivity contribution is 0.153. The van der Waals surface area contributed by atoms with Crippen molar-refractivity contribution in [3.8, 4) is 0 Å². The quantitative estimate of drug-likeness (QED) is 0.795. The summed E-state index contributed by atoms with van der Waals surface area (Å²) >= 11 is 6.33. The number of para-hydroxylation sites is 1. The molecule has 1 aromatic carbocycles. The van der Waals surface area contributed by atoms with Gasteiger partial charge in [0.2, 0.25) is 0 Å². The molecule has 2 aliphatic heterocycles. The fraction of sp³-hybridized carbons (Fsp3) is 0.500. The average Bonchev–Trinajstić information content (AvgIpc) is 2.74. The number of fused-ring (bicyclic) bond motifs is 3. The van der Waals surface area contributed by atoms with Gasteiger partial charge in [0, 0.05) is 32.6 Å². The van der Waals surface area contributed by atoms with Crippen LogP contribution in [0.15, 0.2) is 18.2 Å². The largest absolute Gasteiger partial charge is 0.465 e. The molecular weight excluding hydrogens is 264 g/mol. The summed E-state index contributed by atoms with van der Waals surface area (Å²) in [5.41, 5.74) is 2.27. The molecule has 2 atom stereocenters. The minimum Gasteiger partial charge on any atom is -0.465 e. The summed E-state index contributed by atoms with van der Waals surface area (Å²) in [4.78, 5) is 14.9. The van der Waals surface area contributed by atoms with Gasteiger partial charge in [-0.15, -0.1) is 0 Å². The topological polar surface area (TPSA) is 43.8 Å². The van der Waals surface area contributed by atoms with Crippen molar-refractivity contribution in [2.75, 3.05) is 31.6 Å². The Morgan fingerprint density at radius 2 is 2.21 bits per heavy atom.